The summed E-state index contributed by atoms with van der Waals surface area (Å²) in [7, 11) is 1.89. The van der Waals surface area contributed by atoms with Gasteiger partial charge in [0.25, 0.3) is 0 Å². The van der Waals surface area contributed by atoms with E-state index in [1.54, 1.807) is 18.6 Å². The quantitative estimate of drug-likeness (QED) is 0.648. The molecule has 3 rings (SSSR count). The van der Waals surface area contributed by atoms with Crippen LogP contribution in [0.25, 0.3) is 11.0 Å². The number of aromatic nitrogens is 3. The molecule has 0 aliphatic rings. The van der Waals surface area contributed by atoms with E-state index in [0.717, 1.165) is 23.1 Å². The second-order valence-electron chi connectivity index (χ2n) is 5.93. The van der Waals surface area contributed by atoms with Gasteiger partial charge in [0.15, 0.2) is 5.82 Å². The molecule has 7 heteroatoms. The molecule has 6 nitrogen and oxygen atoms in total. The Hall–Kier alpha value is -2.80. The summed E-state index contributed by atoms with van der Waals surface area (Å²) < 4.78 is 14.5. The van der Waals surface area contributed by atoms with Crippen LogP contribution in [0.3, 0.4) is 0 Å². The first-order valence-electron chi connectivity index (χ1n) is 8.69. The van der Waals surface area contributed by atoms with Crippen LogP contribution in [0, 0.1) is 5.82 Å². The van der Waals surface area contributed by atoms with Crippen LogP contribution in [-0.4, -0.2) is 41.6 Å². The lowest BCUT2D eigenvalue weighted by Crippen LogP contribution is -2.32. The minimum absolute atomic E-state index is 0.322. The highest BCUT2D eigenvalue weighted by molar-refractivity contribution is 5.75. The number of nitrogens with one attached hydrogen (secondary N) is 2. The van der Waals surface area contributed by atoms with Gasteiger partial charge in [0, 0.05) is 38.6 Å². The molecule has 0 spiro atoms. The molecule has 0 bridgehead atoms. The Bertz CT molecular complexity index is 870. The molecule has 0 atom stereocenters. The van der Waals surface area contributed by atoms with Crippen LogP contribution in [0.15, 0.2) is 43.0 Å². The van der Waals surface area contributed by atoms with E-state index in [9.17, 15) is 4.39 Å². The summed E-state index contributed by atoms with van der Waals surface area (Å²) in [6.45, 7) is 4.77. The van der Waals surface area contributed by atoms with Crippen molar-refractivity contribution in [3.63, 3.8) is 0 Å². The van der Waals surface area contributed by atoms with E-state index in [4.69, 9.17) is 0 Å². The molecule has 0 aliphatic heterocycles. The Kier molecular flexibility index (Phi) is 5.91. The van der Waals surface area contributed by atoms with Crippen molar-refractivity contribution >= 4 is 22.4 Å². The van der Waals surface area contributed by atoms with Gasteiger partial charge in [0.1, 0.15) is 0 Å². The summed E-state index contributed by atoms with van der Waals surface area (Å²) in [5.74, 6) is -0.322. The lowest BCUT2D eigenvalue weighted by molar-refractivity contribution is 0.610. The molecular formula is C19H23FN6. The van der Waals surface area contributed by atoms with Crippen molar-refractivity contribution in [3.05, 3.63) is 54.4 Å². The highest BCUT2D eigenvalue weighted by Crippen LogP contribution is 2.28. The molecule has 136 valence electrons. The monoisotopic (exact) mass is 354 g/mol. The Morgan fingerprint density at radius 2 is 1.92 bits per heavy atom. The van der Waals surface area contributed by atoms with Crippen LogP contribution in [0.5, 0.6) is 0 Å². The van der Waals surface area contributed by atoms with Gasteiger partial charge in [0.2, 0.25) is 0 Å². The third-order valence-corrected chi connectivity index (χ3v) is 4.22. The van der Waals surface area contributed by atoms with Gasteiger partial charge in [-0.1, -0.05) is 6.07 Å². The van der Waals surface area contributed by atoms with E-state index < -0.39 is 0 Å². The molecule has 2 heterocycles. The molecule has 26 heavy (non-hydrogen) atoms. The zero-order valence-electron chi connectivity index (χ0n) is 15.0. The Balaban J connectivity index is 1.81. The number of hydrogen-bond acceptors (Lipinski definition) is 6. The van der Waals surface area contributed by atoms with Gasteiger partial charge in [-0.15, -0.1) is 0 Å². The zero-order chi connectivity index (χ0) is 18.4. The first kappa shape index (κ1) is 18.0. The van der Waals surface area contributed by atoms with Crippen LogP contribution in [-0.2, 0) is 6.54 Å². The number of fused-ring (bicyclic) bond motifs is 1. The molecule has 0 saturated carbocycles. The predicted octanol–water partition coefficient (Wildman–Crippen LogP) is 2.82. The zero-order valence-corrected chi connectivity index (χ0v) is 15.0. The van der Waals surface area contributed by atoms with E-state index in [1.807, 2.05) is 37.1 Å². The van der Waals surface area contributed by atoms with E-state index in [1.165, 1.54) is 6.20 Å². The molecule has 1 aromatic carbocycles. The van der Waals surface area contributed by atoms with Gasteiger partial charge in [-0.2, -0.15) is 0 Å². The first-order chi connectivity index (χ1) is 12.7. The Morgan fingerprint density at radius 1 is 1.12 bits per heavy atom. The maximum atomic E-state index is 14.5. The van der Waals surface area contributed by atoms with Crippen molar-refractivity contribution in [2.45, 2.75) is 13.5 Å². The van der Waals surface area contributed by atoms with Crippen molar-refractivity contribution in [2.24, 2.45) is 0 Å². The first-order valence-corrected chi connectivity index (χ1v) is 8.69. The minimum atomic E-state index is -0.322. The summed E-state index contributed by atoms with van der Waals surface area (Å²) in [4.78, 5) is 14.6. The van der Waals surface area contributed by atoms with Gasteiger partial charge in [-0.3, -0.25) is 15.0 Å². The molecule has 0 unspecified atom stereocenters. The molecular weight excluding hydrogens is 331 g/mol. The topological polar surface area (TPSA) is 66.0 Å². The number of pyridine rings is 1. The van der Waals surface area contributed by atoms with Gasteiger partial charge >= 0.3 is 0 Å². The standard InChI is InChI=1S/C19H23FN6/c1-3-26(9-8-21-2)19-15(20)12-22-13-18(19)25-11-14-4-5-16-17(10-14)24-7-6-23-16/h4-7,10,12-13,21,25H,3,8-9,11H2,1-2H3. The van der Waals surface area contributed by atoms with E-state index in [0.29, 0.717) is 31.0 Å². The fourth-order valence-electron chi connectivity index (χ4n) is 2.87. The van der Waals surface area contributed by atoms with Crippen LogP contribution < -0.4 is 15.5 Å². The van der Waals surface area contributed by atoms with E-state index in [2.05, 4.69) is 25.6 Å². The largest absolute Gasteiger partial charge is 0.378 e. The summed E-state index contributed by atoms with van der Waals surface area (Å²) in [6, 6.07) is 5.92. The third-order valence-electron chi connectivity index (χ3n) is 4.22. The van der Waals surface area contributed by atoms with Crippen molar-refractivity contribution in [1.29, 1.82) is 0 Å². The van der Waals surface area contributed by atoms with Crippen LogP contribution in [0.2, 0.25) is 0 Å². The number of hydrogen-bond donors (Lipinski definition) is 2. The van der Waals surface area contributed by atoms with Crippen molar-refractivity contribution in [1.82, 2.24) is 20.3 Å². The molecule has 0 fully saturated rings. The Morgan fingerprint density at radius 3 is 2.69 bits per heavy atom. The van der Waals surface area contributed by atoms with Crippen LogP contribution in [0.1, 0.15) is 12.5 Å². The highest BCUT2D eigenvalue weighted by atomic mass is 19.1. The second-order valence-corrected chi connectivity index (χ2v) is 5.93. The molecule has 2 aromatic heterocycles. The molecule has 2 N–H and O–H groups in total. The van der Waals surface area contributed by atoms with Gasteiger partial charge < -0.3 is 15.5 Å². The third kappa shape index (κ3) is 4.05. The number of halogens is 1. The average molecular weight is 354 g/mol. The molecule has 0 radical (unpaired) electrons. The number of likely N-dealkylation sites (N-methyl/N-ethyl adjacent to an activating group) is 2. The molecule has 0 aliphatic carbocycles. The van der Waals surface area contributed by atoms with Gasteiger partial charge in [0.05, 0.1) is 34.8 Å². The Labute approximate surface area is 152 Å². The molecule has 0 saturated heterocycles. The highest BCUT2D eigenvalue weighted by Gasteiger charge is 2.15. The smallest absolute Gasteiger partial charge is 0.166 e. The summed E-state index contributed by atoms with van der Waals surface area (Å²) in [6.07, 6.45) is 6.28. The maximum Gasteiger partial charge on any atom is 0.166 e. The predicted molar refractivity (Wildman–Crippen MR) is 103 cm³/mol. The number of rotatable bonds is 8. The molecule has 0 amide bonds. The maximum absolute atomic E-state index is 14.5. The van der Waals surface area contributed by atoms with Crippen molar-refractivity contribution in [2.75, 3.05) is 36.9 Å². The lowest BCUT2D eigenvalue weighted by atomic mass is 10.2. The molecule has 3 aromatic rings. The summed E-state index contributed by atoms with van der Waals surface area (Å²) >= 11 is 0. The minimum Gasteiger partial charge on any atom is -0.378 e. The lowest BCUT2D eigenvalue weighted by Gasteiger charge is -2.26. The number of nitrogens with zero attached hydrogens (tertiary/aromatic N) is 4. The second kappa shape index (κ2) is 8.53. The van der Waals surface area contributed by atoms with Crippen molar-refractivity contribution in [3.8, 4) is 0 Å². The van der Waals surface area contributed by atoms with Gasteiger partial charge in [-0.25, -0.2) is 4.39 Å². The van der Waals surface area contributed by atoms with Crippen molar-refractivity contribution < 1.29 is 4.39 Å². The fraction of sp³-hybridized carbons (Fsp3) is 0.316. The normalized spacial score (nSPS) is 10.9. The van der Waals surface area contributed by atoms with Crippen LogP contribution >= 0.6 is 0 Å². The van der Waals surface area contributed by atoms with Crippen LogP contribution in [0.4, 0.5) is 15.8 Å². The average Bonchev–Trinajstić information content (AvgIpc) is 2.68. The number of benzene rings is 1. The van der Waals surface area contributed by atoms with E-state index in [-0.39, 0.29) is 5.82 Å². The van der Waals surface area contributed by atoms with Gasteiger partial charge in [-0.05, 0) is 31.7 Å². The summed E-state index contributed by atoms with van der Waals surface area (Å²) in [5, 5.41) is 6.42. The summed E-state index contributed by atoms with van der Waals surface area (Å²) in [5.41, 5.74) is 3.98. The number of anilines is 2. The SMILES string of the molecule is CCN(CCNC)c1c(F)cncc1NCc1ccc2nccnc2c1. The fourth-order valence-corrected chi connectivity index (χ4v) is 2.87. The van der Waals surface area contributed by atoms with E-state index >= 15 is 0 Å².